The number of H-pyrrole nitrogens is 1. The SMILES string of the molecule is CCOc1ccc(C2c3c(-c4cc(C)cc(C)c4O)n[nH]c3C(=O)N2Cc2ccccc2)cc1. The molecule has 3 aromatic carbocycles. The van der Waals surface area contributed by atoms with Crippen LogP contribution in [0.2, 0.25) is 0 Å². The molecule has 0 fully saturated rings. The molecule has 4 aromatic rings. The summed E-state index contributed by atoms with van der Waals surface area (Å²) < 4.78 is 5.62. The Bertz CT molecular complexity index is 1340. The van der Waals surface area contributed by atoms with E-state index in [9.17, 15) is 9.90 Å². The lowest BCUT2D eigenvalue weighted by Gasteiger charge is -2.27. The molecule has 5 rings (SSSR count). The predicted octanol–water partition coefficient (Wildman–Crippen LogP) is 5.54. The van der Waals surface area contributed by atoms with Crippen molar-refractivity contribution in [1.29, 1.82) is 0 Å². The predicted molar refractivity (Wildman–Crippen MR) is 131 cm³/mol. The number of nitrogens with zero attached hydrogens (tertiary/aromatic N) is 2. The maximum Gasteiger partial charge on any atom is 0.273 e. The summed E-state index contributed by atoms with van der Waals surface area (Å²) in [6.07, 6.45) is 0. The minimum atomic E-state index is -0.354. The van der Waals surface area contributed by atoms with Gasteiger partial charge in [0.25, 0.3) is 5.91 Å². The van der Waals surface area contributed by atoms with E-state index >= 15 is 0 Å². The van der Waals surface area contributed by atoms with Crippen molar-refractivity contribution in [2.24, 2.45) is 0 Å². The van der Waals surface area contributed by atoms with Crippen LogP contribution in [0, 0.1) is 13.8 Å². The summed E-state index contributed by atoms with van der Waals surface area (Å²) in [5.74, 6) is 0.851. The second-order valence-electron chi connectivity index (χ2n) is 8.66. The fraction of sp³-hybridized carbons (Fsp3) is 0.214. The lowest BCUT2D eigenvalue weighted by atomic mass is 9.94. The number of phenols is 1. The summed E-state index contributed by atoms with van der Waals surface area (Å²) in [6, 6.07) is 21.3. The Balaban J connectivity index is 1.66. The first-order valence-corrected chi connectivity index (χ1v) is 11.4. The number of hydrogen-bond acceptors (Lipinski definition) is 4. The number of aryl methyl sites for hydroxylation is 2. The Hall–Kier alpha value is -4.06. The highest BCUT2D eigenvalue weighted by Gasteiger charge is 2.42. The monoisotopic (exact) mass is 453 g/mol. The van der Waals surface area contributed by atoms with Gasteiger partial charge in [-0.3, -0.25) is 9.89 Å². The quantitative estimate of drug-likeness (QED) is 0.402. The number of phenolic OH excluding ortho intramolecular Hbond substituents is 1. The van der Waals surface area contributed by atoms with Gasteiger partial charge in [0.05, 0.1) is 12.6 Å². The number of rotatable bonds is 6. The van der Waals surface area contributed by atoms with Gasteiger partial charge in [0.2, 0.25) is 0 Å². The van der Waals surface area contributed by atoms with Crippen LogP contribution in [0.4, 0.5) is 0 Å². The van der Waals surface area contributed by atoms with E-state index in [2.05, 4.69) is 10.2 Å². The van der Waals surface area contributed by atoms with Crippen LogP contribution in [-0.2, 0) is 6.54 Å². The van der Waals surface area contributed by atoms with Gasteiger partial charge in [0, 0.05) is 17.7 Å². The lowest BCUT2D eigenvalue weighted by Crippen LogP contribution is -2.29. The Labute approximate surface area is 198 Å². The number of benzene rings is 3. The summed E-state index contributed by atoms with van der Waals surface area (Å²) in [6.45, 7) is 6.85. The van der Waals surface area contributed by atoms with E-state index in [4.69, 9.17) is 4.74 Å². The van der Waals surface area contributed by atoms with Crippen LogP contribution in [0.5, 0.6) is 11.5 Å². The molecule has 0 saturated carbocycles. The molecule has 0 aliphatic carbocycles. The molecule has 6 nitrogen and oxygen atoms in total. The number of nitrogens with one attached hydrogen (secondary N) is 1. The van der Waals surface area contributed by atoms with Crippen molar-refractivity contribution in [2.45, 2.75) is 33.4 Å². The Morgan fingerprint density at radius 1 is 1.06 bits per heavy atom. The van der Waals surface area contributed by atoms with Crippen molar-refractivity contribution >= 4 is 5.91 Å². The highest BCUT2D eigenvalue weighted by molar-refractivity contribution is 6.00. The molecule has 0 radical (unpaired) electrons. The van der Waals surface area contributed by atoms with Crippen LogP contribution in [0.3, 0.4) is 0 Å². The number of fused-ring (bicyclic) bond motifs is 1. The number of carbonyl (C=O) groups is 1. The normalized spacial score (nSPS) is 15.0. The number of amides is 1. The maximum absolute atomic E-state index is 13.6. The Morgan fingerprint density at radius 2 is 1.79 bits per heavy atom. The topological polar surface area (TPSA) is 78.5 Å². The molecule has 1 amide bonds. The smallest absolute Gasteiger partial charge is 0.273 e. The first-order valence-electron chi connectivity index (χ1n) is 11.4. The Kier molecular flexibility index (Phi) is 5.57. The molecular weight excluding hydrogens is 426 g/mol. The van der Waals surface area contributed by atoms with Crippen molar-refractivity contribution < 1.29 is 14.6 Å². The molecule has 1 atom stereocenters. The fourth-order valence-corrected chi connectivity index (χ4v) is 4.75. The largest absolute Gasteiger partial charge is 0.507 e. The summed E-state index contributed by atoms with van der Waals surface area (Å²) in [5.41, 5.74) is 6.26. The third kappa shape index (κ3) is 3.71. The number of aromatic nitrogens is 2. The van der Waals surface area contributed by atoms with E-state index in [1.807, 2.05) is 92.4 Å². The standard InChI is InChI=1S/C28H27N3O3/c1-4-34-21-12-10-20(11-13-21)26-23-24(22-15-17(2)14-18(3)27(22)32)29-30-25(23)28(33)31(26)16-19-8-6-5-7-9-19/h5-15,26,32H,4,16H2,1-3H3,(H,29,30). The van der Waals surface area contributed by atoms with Gasteiger partial charge < -0.3 is 14.7 Å². The van der Waals surface area contributed by atoms with Crippen LogP contribution in [0.15, 0.2) is 66.7 Å². The molecular formula is C28H27N3O3. The minimum absolute atomic E-state index is 0.111. The van der Waals surface area contributed by atoms with Crippen LogP contribution >= 0.6 is 0 Å². The molecule has 0 saturated heterocycles. The molecule has 0 spiro atoms. The third-order valence-electron chi connectivity index (χ3n) is 6.27. The average Bonchev–Trinajstić information content (AvgIpc) is 3.37. The number of aromatic amines is 1. The summed E-state index contributed by atoms with van der Waals surface area (Å²) in [7, 11) is 0. The van der Waals surface area contributed by atoms with Gasteiger partial charge in [0.1, 0.15) is 22.9 Å². The number of hydrogen-bond donors (Lipinski definition) is 2. The van der Waals surface area contributed by atoms with Gasteiger partial charge in [-0.05, 0) is 61.2 Å². The number of ether oxygens (including phenoxy) is 1. The average molecular weight is 454 g/mol. The van der Waals surface area contributed by atoms with Crippen molar-refractivity contribution in [3.63, 3.8) is 0 Å². The van der Waals surface area contributed by atoms with Crippen LogP contribution in [0.25, 0.3) is 11.3 Å². The van der Waals surface area contributed by atoms with Gasteiger partial charge >= 0.3 is 0 Å². The van der Waals surface area contributed by atoms with Gasteiger partial charge in [-0.25, -0.2) is 0 Å². The molecule has 1 unspecified atom stereocenters. The summed E-state index contributed by atoms with van der Waals surface area (Å²) in [5, 5.41) is 18.4. The van der Waals surface area contributed by atoms with Crippen LogP contribution < -0.4 is 4.74 Å². The first-order chi connectivity index (χ1) is 16.5. The zero-order chi connectivity index (χ0) is 23.8. The van der Waals surface area contributed by atoms with Crippen molar-refractivity contribution in [2.75, 3.05) is 6.61 Å². The lowest BCUT2D eigenvalue weighted by molar-refractivity contribution is 0.0730. The second-order valence-corrected chi connectivity index (χ2v) is 8.66. The minimum Gasteiger partial charge on any atom is -0.507 e. The van der Waals surface area contributed by atoms with Crippen molar-refractivity contribution in [3.8, 4) is 22.8 Å². The van der Waals surface area contributed by atoms with Gasteiger partial charge in [0.15, 0.2) is 0 Å². The fourth-order valence-electron chi connectivity index (χ4n) is 4.75. The molecule has 172 valence electrons. The van der Waals surface area contributed by atoms with E-state index in [-0.39, 0.29) is 17.7 Å². The molecule has 1 aliphatic rings. The molecule has 2 heterocycles. The zero-order valence-electron chi connectivity index (χ0n) is 19.5. The highest BCUT2D eigenvalue weighted by atomic mass is 16.5. The summed E-state index contributed by atoms with van der Waals surface area (Å²) >= 11 is 0. The van der Waals surface area contributed by atoms with Crippen molar-refractivity contribution in [1.82, 2.24) is 15.1 Å². The molecule has 1 aliphatic heterocycles. The van der Waals surface area contributed by atoms with E-state index in [0.29, 0.717) is 30.1 Å². The summed E-state index contributed by atoms with van der Waals surface area (Å²) in [4.78, 5) is 15.4. The first kappa shape index (κ1) is 21.8. The maximum atomic E-state index is 13.6. The van der Waals surface area contributed by atoms with E-state index in [0.717, 1.165) is 33.6 Å². The molecule has 2 N–H and O–H groups in total. The van der Waals surface area contributed by atoms with Crippen LogP contribution in [-0.4, -0.2) is 32.7 Å². The second kappa shape index (κ2) is 8.71. The van der Waals surface area contributed by atoms with E-state index < -0.39 is 0 Å². The molecule has 34 heavy (non-hydrogen) atoms. The zero-order valence-corrected chi connectivity index (χ0v) is 19.5. The van der Waals surface area contributed by atoms with E-state index in [1.165, 1.54) is 0 Å². The van der Waals surface area contributed by atoms with Gasteiger partial charge in [-0.15, -0.1) is 0 Å². The van der Waals surface area contributed by atoms with Crippen molar-refractivity contribution in [3.05, 3.63) is 100 Å². The molecule has 0 bridgehead atoms. The number of carbonyl (C=O) groups excluding carboxylic acids is 1. The number of aromatic hydroxyl groups is 1. The van der Waals surface area contributed by atoms with Crippen LogP contribution in [0.1, 0.15) is 51.3 Å². The van der Waals surface area contributed by atoms with E-state index in [1.54, 1.807) is 0 Å². The molecule has 1 aromatic heterocycles. The molecule has 6 heteroatoms. The van der Waals surface area contributed by atoms with Gasteiger partial charge in [-0.1, -0.05) is 48.5 Å². The highest BCUT2D eigenvalue weighted by Crippen LogP contribution is 2.46. The third-order valence-corrected chi connectivity index (χ3v) is 6.27. The van der Waals surface area contributed by atoms with Gasteiger partial charge in [-0.2, -0.15) is 5.10 Å². The Morgan fingerprint density at radius 3 is 2.50 bits per heavy atom.